The fraction of sp³-hybridized carbons (Fsp3) is 0.700. The summed E-state index contributed by atoms with van der Waals surface area (Å²) in [5.74, 6) is 0. The molecule has 3 heteroatoms. The fourth-order valence-corrected chi connectivity index (χ4v) is 1.26. The molecule has 13 heavy (non-hydrogen) atoms. The first kappa shape index (κ1) is 10.3. The van der Waals surface area contributed by atoms with E-state index in [2.05, 4.69) is 30.5 Å². The van der Waals surface area contributed by atoms with Crippen LogP contribution < -0.4 is 5.32 Å². The van der Waals surface area contributed by atoms with Crippen molar-refractivity contribution >= 4 is 0 Å². The first-order valence-corrected chi connectivity index (χ1v) is 5.08. The van der Waals surface area contributed by atoms with Gasteiger partial charge in [0.25, 0.3) is 0 Å². The van der Waals surface area contributed by atoms with Crippen LogP contribution in [0.2, 0.25) is 0 Å². The summed E-state index contributed by atoms with van der Waals surface area (Å²) in [5.41, 5.74) is 1.28. The molecule has 0 atom stereocenters. The standard InChI is InChI=1S/C10H19N3/c1-3-5-11-7-10-8-12-13(9-10)6-4-2/h8-9,11H,3-7H2,1-2H3. The van der Waals surface area contributed by atoms with Gasteiger partial charge in [-0.2, -0.15) is 5.10 Å². The van der Waals surface area contributed by atoms with Crippen molar-refractivity contribution in [1.29, 1.82) is 0 Å². The molecule has 0 aliphatic rings. The lowest BCUT2D eigenvalue weighted by atomic mass is 10.3. The van der Waals surface area contributed by atoms with Gasteiger partial charge in [-0.25, -0.2) is 0 Å². The minimum absolute atomic E-state index is 0.942. The lowest BCUT2D eigenvalue weighted by Gasteiger charge is -1.98. The van der Waals surface area contributed by atoms with Gasteiger partial charge in [0.2, 0.25) is 0 Å². The molecule has 0 saturated carbocycles. The number of nitrogens with zero attached hydrogens (tertiary/aromatic N) is 2. The largest absolute Gasteiger partial charge is 0.313 e. The van der Waals surface area contributed by atoms with Crippen LogP contribution in [-0.4, -0.2) is 16.3 Å². The Balaban J connectivity index is 2.31. The minimum Gasteiger partial charge on any atom is -0.313 e. The predicted octanol–water partition coefficient (Wildman–Crippen LogP) is 1.79. The van der Waals surface area contributed by atoms with Crippen molar-refractivity contribution in [3.05, 3.63) is 18.0 Å². The van der Waals surface area contributed by atoms with Gasteiger partial charge in [0.15, 0.2) is 0 Å². The highest BCUT2D eigenvalue weighted by molar-refractivity contribution is 5.02. The normalized spacial score (nSPS) is 10.6. The number of aryl methyl sites for hydroxylation is 1. The van der Waals surface area contributed by atoms with Crippen LogP contribution in [-0.2, 0) is 13.1 Å². The van der Waals surface area contributed by atoms with Crippen LogP contribution in [0.25, 0.3) is 0 Å². The van der Waals surface area contributed by atoms with E-state index in [1.807, 2.05) is 10.9 Å². The monoisotopic (exact) mass is 181 g/mol. The second-order valence-electron chi connectivity index (χ2n) is 3.29. The third kappa shape index (κ3) is 3.59. The van der Waals surface area contributed by atoms with Crippen molar-refractivity contribution in [1.82, 2.24) is 15.1 Å². The summed E-state index contributed by atoms with van der Waals surface area (Å²) >= 11 is 0. The summed E-state index contributed by atoms with van der Waals surface area (Å²) in [7, 11) is 0. The quantitative estimate of drug-likeness (QED) is 0.678. The number of aromatic nitrogens is 2. The molecule has 1 aromatic rings. The van der Waals surface area contributed by atoms with Gasteiger partial charge >= 0.3 is 0 Å². The highest BCUT2D eigenvalue weighted by atomic mass is 15.3. The van der Waals surface area contributed by atoms with E-state index in [4.69, 9.17) is 0 Å². The molecule has 0 amide bonds. The van der Waals surface area contributed by atoms with E-state index in [0.717, 1.165) is 26.1 Å². The summed E-state index contributed by atoms with van der Waals surface area (Å²) in [6, 6.07) is 0. The van der Waals surface area contributed by atoms with Gasteiger partial charge in [0.05, 0.1) is 6.20 Å². The Labute approximate surface area is 80.1 Å². The molecule has 0 aliphatic carbocycles. The van der Waals surface area contributed by atoms with Gasteiger partial charge in [0, 0.05) is 24.8 Å². The molecule has 0 fully saturated rings. The van der Waals surface area contributed by atoms with Gasteiger partial charge in [-0.1, -0.05) is 13.8 Å². The van der Waals surface area contributed by atoms with Crippen LogP contribution in [0.4, 0.5) is 0 Å². The van der Waals surface area contributed by atoms with E-state index in [1.165, 1.54) is 12.0 Å². The third-order valence-electron chi connectivity index (χ3n) is 1.90. The molecule has 0 bridgehead atoms. The smallest absolute Gasteiger partial charge is 0.0534 e. The molecule has 1 heterocycles. The maximum atomic E-state index is 4.26. The summed E-state index contributed by atoms with van der Waals surface area (Å²) in [4.78, 5) is 0. The van der Waals surface area contributed by atoms with Crippen molar-refractivity contribution in [2.75, 3.05) is 6.54 Å². The van der Waals surface area contributed by atoms with Crippen LogP contribution in [0, 0.1) is 0 Å². The molecular formula is C10H19N3. The molecule has 0 spiro atoms. The molecule has 0 aliphatic heterocycles. The maximum Gasteiger partial charge on any atom is 0.0534 e. The van der Waals surface area contributed by atoms with E-state index >= 15 is 0 Å². The Morgan fingerprint density at radius 3 is 2.92 bits per heavy atom. The Kier molecular flexibility index (Phi) is 4.54. The van der Waals surface area contributed by atoms with Gasteiger partial charge in [-0.15, -0.1) is 0 Å². The average molecular weight is 181 g/mol. The van der Waals surface area contributed by atoms with Gasteiger partial charge in [-0.3, -0.25) is 4.68 Å². The molecule has 0 radical (unpaired) electrons. The number of hydrogen-bond donors (Lipinski definition) is 1. The highest BCUT2D eigenvalue weighted by Crippen LogP contribution is 1.97. The maximum absolute atomic E-state index is 4.26. The molecule has 1 rings (SSSR count). The molecular weight excluding hydrogens is 162 g/mol. The second kappa shape index (κ2) is 5.75. The average Bonchev–Trinajstić information content (AvgIpc) is 2.54. The van der Waals surface area contributed by atoms with E-state index < -0.39 is 0 Å². The molecule has 1 aromatic heterocycles. The molecule has 0 unspecified atom stereocenters. The van der Waals surface area contributed by atoms with Crippen molar-refractivity contribution < 1.29 is 0 Å². The molecule has 74 valence electrons. The van der Waals surface area contributed by atoms with Crippen molar-refractivity contribution in [2.45, 2.75) is 39.8 Å². The zero-order valence-corrected chi connectivity index (χ0v) is 8.58. The molecule has 3 nitrogen and oxygen atoms in total. The third-order valence-corrected chi connectivity index (χ3v) is 1.90. The predicted molar refractivity (Wildman–Crippen MR) is 54.5 cm³/mol. The van der Waals surface area contributed by atoms with Crippen LogP contribution in [0.15, 0.2) is 12.4 Å². The topological polar surface area (TPSA) is 29.9 Å². The zero-order chi connectivity index (χ0) is 9.52. The zero-order valence-electron chi connectivity index (χ0n) is 8.58. The van der Waals surface area contributed by atoms with Crippen molar-refractivity contribution in [2.24, 2.45) is 0 Å². The van der Waals surface area contributed by atoms with E-state index in [-0.39, 0.29) is 0 Å². The fourth-order valence-electron chi connectivity index (χ4n) is 1.26. The van der Waals surface area contributed by atoms with E-state index in [9.17, 15) is 0 Å². The summed E-state index contributed by atoms with van der Waals surface area (Å²) < 4.78 is 2.00. The van der Waals surface area contributed by atoms with Gasteiger partial charge in [-0.05, 0) is 19.4 Å². The van der Waals surface area contributed by atoms with E-state index in [1.54, 1.807) is 0 Å². The molecule has 0 saturated heterocycles. The van der Waals surface area contributed by atoms with Crippen LogP contribution in [0.1, 0.15) is 32.3 Å². The van der Waals surface area contributed by atoms with Crippen LogP contribution in [0.3, 0.4) is 0 Å². The Bertz CT molecular complexity index is 230. The number of rotatable bonds is 6. The van der Waals surface area contributed by atoms with Crippen LogP contribution >= 0.6 is 0 Å². The number of hydrogen-bond acceptors (Lipinski definition) is 2. The van der Waals surface area contributed by atoms with Gasteiger partial charge in [0.1, 0.15) is 0 Å². The summed E-state index contributed by atoms with van der Waals surface area (Å²) in [6.45, 7) is 7.38. The highest BCUT2D eigenvalue weighted by Gasteiger charge is 1.96. The molecule has 1 N–H and O–H groups in total. The minimum atomic E-state index is 0.942. The lowest BCUT2D eigenvalue weighted by Crippen LogP contribution is -2.13. The van der Waals surface area contributed by atoms with E-state index in [0.29, 0.717) is 0 Å². The Morgan fingerprint density at radius 1 is 1.38 bits per heavy atom. The molecule has 0 aromatic carbocycles. The first-order valence-electron chi connectivity index (χ1n) is 5.08. The Morgan fingerprint density at radius 2 is 2.23 bits per heavy atom. The second-order valence-corrected chi connectivity index (χ2v) is 3.29. The number of nitrogens with one attached hydrogen (secondary N) is 1. The lowest BCUT2D eigenvalue weighted by molar-refractivity contribution is 0.601. The van der Waals surface area contributed by atoms with Gasteiger partial charge < -0.3 is 5.32 Å². The Hall–Kier alpha value is -0.830. The summed E-state index contributed by atoms with van der Waals surface area (Å²) in [5, 5.41) is 7.61. The SMILES string of the molecule is CCCNCc1cnn(CCC)c1. The van der Waals surface area contributed by atoms with Crippen molar-refractivity contribution in [3.63, 3.8) is 0 Å². The van der Waals surface area contributed by atoms with Crippen molar-refractivity contribution in [3.8, 4) is 0 Å². The summed E-state index contributed by atoms with van der Waals surface area (Å²) in [6.07, 6.45) is 6.39. The first-order chi connectivity index (χ1) is 6.36. The van der Waals surface area contributed by atoms with Crippen LogP contribution in [0.5, 0.6) is 0 Å².